The van der Waals surface area contributed by atoms with Crippen molar-refractivity contribution in [3.05, 3.63) is 71.6 Å². The van der Waals surface area contributed by atoms with Crippen LogP contribution in [-0.2, 0) is 6.54 Å². The summed E-state index contributed by atoms with van der Waals surface area (Å²) in [7, 11) is 0. The molecule has 2 aromatic carbocycles. The van der Waals surface area contributed by atoms with Gasteiger partial charge in [0, 0.05) is 11.6 Å². The van der Waals surface area contributed by atoms with Crippen molar-refractivity contribution in [3.8, 4) is 11.5 Å². The molecule has 4 nitrogen and oxygen atoms in total. The van der Waals surface area contributed by atoms with Crippen molar-refractivity contribution in [1.29, 1.82) is 0 Å². The van der Waals surface area contributed by atoms with Crippen molar-refractivity contribution in [3.63, 3.8) is 0 Å². The van der Waals surface area contributed by atoms with Gasteiger partial charge < -0.3 is 9.73 Å². The summed E-state index contributed by atoms with van der Waals surface area (Å²) < 4.78 is 5.75. The van der Waals surface area contributed by atoms with Gasteiger partial charge in [-0.25, -0.2) is 0 Å². The molecule has 1 aromatic heterocycles. The molecule has 1 N–H and O–H groups in total. The minimum atomic E-state index is 0.231. The van der Waals surface area contributed by atoms with E-state index in [1.807, 2.05) is 49.4 Å². The van der Waals surface area contributed by atoms with E-state index in [0.29, 0.717) is 18.3 Å². The Hall–Kier alpha value is -2.46. The largest absolute Gasteiger partial charge is 0.419 e. The molecule has 0 fully saturated rings. The first-order valence-corrected chi connectivity index (χ1v) is 7.41. The van der Waals surface area contributed by atoms with Crippen LogP contribution in [0.3, 0.4) is 0 Å². The molecule has 22 heavy (non-hydrogen) atoms. The number of nitrogens with zero attached hydrogens (tertiary/aromatic N) is 2. The van der Waals surface area contributed by atoms with Gasteiger partial charge in [0.15, 0.2) is 0 Å². The van der Waals surface area contributed by atoms with Gasteiger partial charge in [0.1, 0.15) is 0 Å². The van der Waals surface area contributed by atoms with E-state index in [2.05, 4.69) is 34.6 Å². The Labute approximate surface area is 130 Å². The summed E-state index contributed by atoms with van der Waals surface area (Å²) in [5.74, 6) is 1.17. The minimum absolute atomic E-state index is 0.231. The maximum Gasteiger partial charge on any atom is 0.248 e. The average molecular weight is 293 g/mol. The van der Waals surface area contributed by atoms with E-state index in [1.54, 1.807) is 0 Å². The standard InChI is InChI=1S/C18H19N3O/c1-13-8-6-7-11-16(13)18-21-20-17(22-18)12-19-14(2)15-9-4-3-5-10-15/h3-11,14,19H,12H2,1-2H3. The topological polar surface area (TPSA) is 51.0 Å². The van der Waals surface area contributed by atoms with Crippen LogP contribution in [0.2, 0.25) is 0 Å². The predicted molar refractivity (Wildman–Crippen MR) is 86.2 cm³/mol. The minimum Gasteiger partial charge on any atom is -0.419 e. The van der Waals surface area contributed by atoms with Gasteiger partial charge in [0.05, 0.1) is 6.54 Å². The van der Waals surface area contributed by atoms with Crippen molar-refractivity contribution < 1.29 is 4.42 Å². The molecule has 3 rings (SSSR count). The molecule has 0 amide bonds. The molecule has 0 spiro atoms. The van der Waals surface area contributed by atoms with E-state index >= 15 is 0 Å². The summed E-state index contributed by atoms with van der Waals surface area (Å²) >= 11 is 0. The first kappa shape index (κ1) is 14.5. The molecule has 0 aliphatic rings. The van der Waals surface area contributed by atoms with Crippen LogP contribution in [0, 0.1) is 6.92 Å². The van der Waals surface area contributed by atoms with Crippen molar-refractivity contribution in [2.45, 2.75) is 26.4 Å². The monoisotopic (exact) mass is 293 g/mol. The molecule has 4 heteroatoms. The summed E-state index contributed by atoms with van der Waals surface area (Å²) in [5.41, 5.74) is 3.35. The van der Waals surface area contributed by atoms with Gasteiger partial charge in [-0.1, -0.05) is 48.5 Å². The molecule has 1 heterocycles. The van der Waals surface area contributed by atoms with Crippen molar-refractivity contribution in [1.82, 2.24) is 15.5 Å². The van der Waals surface area contributed by atoms with Crippen LogP contribution >= 0.6 is 0 Å². The molecule has 0 aliphatic carbocycles. The maximum absolute atomic E-state index is 5.75. The smallest absolute Gasteiger partial charge is 0.248 e. The number of hydrogen-bond donors (Lipinski definition) is 1. The highest BCUT2D eigenvalue weighted by atomic mass is 16.4. The lowest BCUT2D eigenvalue weighted by Crippen LogP contribution is -2.18. The van der Waals surface area contributed by atoms with Gasteiger partial charge in [0.25, 0.3) is 0 Å². The van der Waals surface area contributed by atoms with Crippen LogP contribution in [0.5, 0.6) is 0 Å². The highest BCUT2D eigenvalue weighted by Gasteiger charge is 2.11. The zero-order valence-corrected chi connectivity index (χ0v) is 12.8. The third-order valence-electron chi connectivity index (χ3n) is 3.70. The van der Waals surface area contributed by atoms with Crippen LogP contribution in [0.1, 0.15) is 30.0 Å². The zero-order chi connectivity index (χ0) is 15.4. The van der Waals surface area contributed by atoms with Crippen LogP contribution < -0.4 is 5.32 Å². The number of aryl methyl sites for hydroxylation is 1. The fourth-order valence-electron chi connectivity index (χ4n) is 2.35. The molecule has 0 saturated carbocycles. The fraction of sp³-hybridized carbons (Fsp3) is 0.222. The van der Waals surface area contributed by atoms with Gasteiger partial charge in [-0.05, 0) is 31.0 Å². The predicted octanol–water partition coefficient (Wildman–Crippen LogP) is 3.90. The highest BCUT2D eigenvalue weighted by Crippen LogP contribution is 2.21. The van der Waals surface area contributed by atoms with Gasteiger partial charge in [-0.2, -0.15) is 0 Å². The number of nitrogens with one attached hydrogen (secondary N) is 1. The van der Waals surface area contributed by atoms with Crippen LogP contribution in [0.15, 0.2) is 59.0 Å². The second-order valence-corrected chi connectivity index (χ2v) is 5.33. The number of rotatable bonds is 5. The third kappa shape index (κ3) is 3.23. The number of hydrogen-bond acceptors (Lipinski definition) is 4. The van der Waals surface area contributed by atoms with E-state index in [9.17, 15) is 0 Å². The molecule has 112 valence electrons. The van der Waals surface area contributed by atoms with E-state index in [1.165, 1.54) is 5.56 Å². The van der Waals surface area contributed by atoms with Crippen LogP contribution in [-0.4, -0.2) is 10.2 Å². The molecular weight excluding hydrogens is 274 g/mol. The van der Waals surface area contributed by atoms with E-state index in [4.69, 9.17) is 4.42 Å². The van der Waals surface area contributed by atoms with Crippen molar-refractivity contribution in [2.24, 2.45) is 0 Å². The molecule has 0 bridgehead atoms. The Morgan fingerprint density at radius 1 is 1.00 bits per heavy atom. The van der Waals surface area contributed by atoms with Gasteiger partial charge >= 0.3 is 0 Å². The fourth-order valence-corrected chi connectivity index (χ4v) is 2.35. The van der Waals surface area contributed by atoms with Crippen LogP contribution in [0.4, 0.5) is 0 Å². The number of aromatic nitrogens is 2. The highest BCUT2D eigenvalue weighted by molar-refractivity contribution is 5.57. The summed E-state index contributed by atoms with van der Waals surface area (Å²) in [6.45, 7) is 4.71. The Morgan fingerprint density at radius 2 is 1.73 bits per heavy atom. The first-order chi connectivity index (χ1) is 10.7. The van der Waals surface area contributed by atoms with E-state index in [-0.39, 0.29) is 6.04 Å². The second kappa shape index (κ2) is 6.54. The van der Waals surface area contributed by atoms with Gasteiger partial charge in [0.2, 0.25) is 11.8 Å². The molecular formula is C18H19N3O. The lowest BCUT2D eigenvalue weighted by atomic mass is 10.1. The van der Waals surface area contributed by atoms with Crippen molar-refractivity contribution >= 4 is 0 Å². The zero-order valence-electron chi connectivity index (χ0n) is 12.8. The Balaban J connectivity index is 1.67. The Kier molecular flexibility index (Phi) is 4.30. The van der Waals surface area contributed by atoms with E-state index in [0.717, 1.165) is 11.1 Å². The van der Waals surface area contributed by atoms with Crippen molar-refractivity contribution in [2.75, 3.05) is 0 Å². The maximum atomic E-state index is 5.75. The molecule has 1 atom stereocenters. The summed E-state index contributed by atoms with van der Waals surface area (Å²) in [6.07, 6.45) is 0. The van der Waals surface area contributed by atoms with Crippen LogP contribution in [0.25, 0.3) is 11.5 Å². The first-order valence-electron chi connectivity index (χ1n) is 7.41. The molecule has 3 aromatic rings. The summed E-state index contributed by atoms with van der Waals surface area (Å²) in [6, 6.07) is 18.5. The third-order valence-corrected chi connectivity index (χ3v) is 3.70. The Morgan fingerprint density at radius 3 is 2.50 bits per heavy atom. The molecule has 0 aliphatic heterocycles. The second-order valence-electron chi connectivity index (χ2n) is 5.33. The SMILES string of the molecule is Cc1ccccc1-c1nnc(CNC(C)c2ccccc2)o1. The molecule has 0 radical (unpaired) electrons. The lowest BCUT2D eigenvalue weighted by Gasteiger charge is -2.12. The molecule has 0 saturated heterocycles. The van der Waals surface area contributed by atoms with Gasteiger partial charge in [-0.15, -0.1) is 10.2 Å². The van der Waals surface area contributed by atoms with Gasteiger partial charge in [-0.3, -0.25) is 0 Å². The molecule has 1 unspecified atom stereocenters. The average Bonchev–Trinajstić information content (AvgIpc) is 3.02. The van der Waals surface area contributed by atoms with E-state index < -0.39 is 0 Å². The lowest BCUT2D eigenvalue weighted by molar-refractivity contribution is 0.454. The summed E-state index contributed by atoms with van der Waals surface area (Å²) in [5, 5.41) is 11.7. The quantitative estimate of drug-likeness (QED) is 0.775. The normalized spacial score (nSPS) is 12.3. The summed E-state index contributed by atoms with van der Waals surface area (Å²) in [4.78, 5) is 0. The Bertz CT molecular complexity index is 737. The number of benzene rings is 2.